The number of alkyl halides is 1. The number of hydrogen-bond donors (Lipinski definition) is 0. The van der Waals surface area contributed by atoms with E-state index in [0.29, 0.717) is 30.4 Å². The molecular formula is C15H25ClN2O2S. The van der Waals surface area contributed by atoms with Gasteiger partial charge in [-0.1, -0.05) is 26.0 Å². The predicted molar refractivity (Wildman–Crippen MR) is 88.1 cm³/mol. The molecule has 0 bridgehead atoms. The zero-order valence-electron chi connectivity index (χ0n) is 13.2. The van der Waals surface area contributed by atoms with Gasteiger partial charge in [0.05, 0.1) is 4.90 Å². The molecule has 0 fully saturated rings. The summed E-state index contributed by atoms with van der Waals surface area (Å²) in [5.41, 5.74) is 0.815. The van der Waals surface area contributed by atoms with Gasteiger partial charge in [-0.3, -0.25) is 0 Å². The predicted octanol–water partition coefficient (Wildman–Crippen LogP) is 2.63. The van der Waals surface area contributed by atoms with Crippen LogP contribution >= 0.6 is 11.6 Å². The quantitative estimate of drug-likeness (QED) is 0.687. The van der Waals surface area contributed by atoms with E-state index in [9.17, 15) is 8.42 Å². The van der Waals surface area contributed by atoms with Crippen molar-refractivity contribution in [1.29, 1.82) is 0 Å². The maximum atomic E-state index is 12.8. The molecule has 0 spiro atoms. The number of hydrogen-bond acceptors (Lipinski definition) is 3. The highest BCUT2D eigenvalue weighted by atomic mass is 35.5. The van der Waals surface area contributed by atoms with E-state index in [2.05, 4.69) is 0 Å². The van der Waals surface area contributed by atoms with E-state index in [1.54, 1.807) is 22.5 Å². The van der Waals surface area contributed by atoms with Crippen LogP contribution in [-0.2, 0) is 15.9 Å². The standard InChI is InChI=1S/C15H25ClN2O2S/c1-13(2)12-18(9-8-17(3)4)21(19,20)15-7-5-6-14(10-15)11-16/h5-7,10,13H,8-9,11-12H2,1-4H3. The molecule has 1 rings (SSSR count). The van der Waals surface area contributed by atoms with Crippen LogP contribution in [0.5, 0.6) is 0 Å². The van der Waals surface area contributed by atoms with Gasteiger partial charge in [-0.2, -0.15) is 4.31 Å². The summed E-state index contributed by atoms with van der Waals surface area (Å²) in [6.07, 6.45) is 0. The number of rotatable bonds is 8. The molecule has 0 aliphatic rings. The van der Waals surface area contributed by atoms with Gasteiger partial charge < -0.3 is 4.90 Å². The number of sulfonamides is 1. The average molecular weight is 333 g/mol. The first kappa shape index (κ1) is 18.4. The van der Waals surface area contributed by atoms with Gasteiger partial charge in [0.25, 0.3) is 0 Å². The molecule has 0 amide bonds. The zero-order chi connectivity index (χ0) is 16.0. The maximum absolute atomic E-state index is 12.8. The van der Waals surface area contributed by atoms with Crippen LogP contribution in [0.1, 0.15) is 19.4 Å². The second kappa shape index (κ2) is 8.13. The van der Waals surface area contributed by atoms with Crippen LogP contribution in [0, 0.1) is 5.92 Å². The van der Waals surface area contributed by atoms with Crippen molar-refractivity contribution in [3.8, 4) is 0 Å². The first-order valence-corrected chi connectivity index (χ1v) is 9.04. The second-order valence-electron chi connectivity index (χ2n) is 5.84. The van der Waals surface area contributed by atoms with E-state index >= 15 is 0 Å². The Kier molecular flexibility index (Phi) is 7.13. The third kappa shape index (κ3) is 5.58. The summed E-state index contributed by atoms with van der Waals surface area (Å²) < 4.78 is 27.2. The zero-order valence-corrected chi connectivity index (χ0v) is 14.8. The lowest BCUT2D eigenvalue weighted by molar-refractivity contribution is 0.312. The molecule has 1 aromatic carbocycles. The molecule has 0 heterocycles. The number of benzene rings is 1. The minimum Gasteiger partial charge on any atom is -0.308 e. The third-order valence-electron chi connectivity index (χ3n) is 3.06. The normalized spacial score (nSPS) is 12.6. The highest BCUT2D eigenvalue weighted by molar-refractivity contribution is 7.89. The molecule has 0 aliphatic heterocycles. The summed E-state index contributed by atoms with van der Waals surface area (Å²) in [5, 5.41) is 0. The van der Waals surface area contributed by atoms with Crippen molar-refractivity contribution in [2.24, 2.45) is 5.92 Å². The molecule has 1 aromatic rings. The Morgan fingerprint density at radius 3 is 2.38 bits per heavy atom. The van der Waals surface area contributed by atoms with E-state index in [1.165, 1.54) is 0 Å². The van der Waals surface area contributed by atoms with Gasteiger partial charge in [0, 0.05) is 25.5 Å². The summed E-state index contributed by atoms with van der Waals surface area (Å²) in [6, 6.07) is 6.86. The summed E-state index contributed by atoms with van der Waals surface area (Å²) >= 11 is 5.80. The minimum absolute atomic E-state index is 0.276. The molecule has 120 valence electrons. The van der Waals surface area contributed by atoms with Crippen molar-refractivity contribution in [2.45, 2.75) is 24.6 Å². The molecule has 21 heavy (non-hydrogen) atoms. The summed E-state index contributed by atoms with van der Waals surface area (Å²) in [5.74, 6) is 0.587. The van der Waals surface area contributed by atoms with Crippen molar-refractivity contribution < 1.29 is 8.42 Å². The molecule has 0 unspecified atom stereocenters. The van der Waals surface area contributed by atoms with Crippen molar-refractivity contribution in [2.75, 3.05) is 33.7 Å². The van der Waals surface area contributed by atoms with Crippen LogP contribution in [0.2, 0.25) is 0 Å². The molecule has 0 saturated carbocycles. The Morgan fingerprint density at radius 2 is 1.86 bits per heavy atom. The SMILES string of the molecule is CC(C)CN(CCN(C)C)S(=O)(=O)c1cccc(CCl)c1. The maximum Gasteiger partial charge on any atom is 0.243 e. The fourth-order valence-corrected chi connectivity index (χ4v) is 3.80. The molecule has 0 N–H and O–H groups in total. The third-order valence-corrected chi connectivity index (χ3v) is 5.23. The Bertz CT molecular complexity index is 544. The van der Waals surface area contributed by atoms with Gasteiger partial charge in [-0.25, -0.2) is 8.42 Å². The van der Waals surface area contributed by atoms with Gasteiger partial charge in [-0.15, -0.1) is 11.6 Å². The smallest absolute Gasteiger partial charge is 0.243 e. The van der Waals surface area contributed by atoms with Crippen molar-refractivity contribution in [3.63, 3.8) is 0 Å². The van der Waals surface area contributed by atoms with Crippen LogP contribution in [0.25, 0.3) is 0 Å². The molecule has 0 saturated heterocycles. The van der Waals surface area contributed by atoms with Gasteiger partial charge in [0.2, 0.25) is 10.0 Å². The van der Waals surface area contributed by atoms with Gasteiger partial charge in [-0.05, 0) is 37.7 Å². The topological polar surface area (TPSA) is 40.6 Å². The Hall–Kier alpha value is -0.620. The lowest BCUT2D eigenvalue weighted by Gasteiger charge is -2.25. The summed E-state index contributed by atoms with van der Waals surface area (Å²) in [4.78, 5) is 2.30. The largest absolute Gasteiger partial charge is 0.308 e. The van der Waals surface area contributed by atoms with Gasteiger partial charge in [0.15, 0.2) is 0 Å². The van der Waals surface area contributed by atoms with E-state index in [0.717, 1.165) is 5.56 Å². The Labute approximate surface area is 133 Å². The number of likely N-dealkylation sites (N-methyl/N-ethyl adjacent to an activating group) is 1. The Balaban J connectivity index is 3.06. The van der Waals surface area contributed by atoms with E-state index in [1.807, 2.05) is 38.9 Å². The monoisotopic (exact) mass is 332 g/mol. The fourth-order valence-electron chi connectivity index (χ4n) is 1.97. The summed E-state index contributed by atoms with van der Waals surface area (Å²) in [7, 11) is 0.401. The van der Waals surface area contributed by atoms with E-state index in [-0.39, 0.29) is 5.92 Å². The van der Waals surface area contributed by atoms with Crippen molar-refractivity contribution in [3.05, 3.63) is 29.8 Å². The molecule has 0 radical (unpaired) electrons. The van der Waals surface area contributed by atoms with Crippen LogP contribution < -0.4 is 0 Å². The number of halogens is 1. The van der Waals surface area contributed by atoms with Crippen LogP contribution in [0.4, 0.5) is 0 Å². The lowest BCUT2D eigenvalue weighted by atomic mass is 10.2. The first-order valence-electron chi connectivity index (χ1n) is 7.07. The second-order valence-corrected chi connectivity index (χ2v) is 8.05. The fraction of sp³-hybridized carbons (Fsp3) is 0.600. The molecule has 0 atom stereocenters. The number of nitrogens with zero attached hydrogens (tertiary/aromatic N) is 2. The van der Waals surface area contributed by atoms with Gasteiger partial charge in [0.1, 0.15) is 0 Å². The van der Waals surface area contributed by atoms with Crippen LogP contribution in [0.3, 0.4) is 0 Å². The molecule has 4 nitrogen and oxygen atoms in total. The van der Waals surface area contributed by atoms with Crippen LogP contribution in [0.15, 0.2) is 29.2 Å². The lowest BCUT2D eigenvalue weighted by Crippen LogP contribution is -2.38. The van der Waals surface area contributed by atoms with E-state index < -0.39 is 10.0 Å². The molecular weight excluding hydrogens is 308 g/mol. The molecule has 6 heteroatoms. The minimum atomic E-state index is -3.48. The van der Waals surface area contributed by atoms with Gasteiger partial charge >= 0.3 is 0 Å². The van der Waals surface area contributed by atoms with Crippen LogP contribution in [-0.4, -0.2) is 51.4 Å². The highest BCUT2D eigenvalue weighted by Gasteiger charge is 2.25. The van der Waals surface area contributed by atoms with Crippen molar-refractivity contribution >= 4 is 21.6 Å². The summed E-state index contributed by atoms with van der Waals surface area (Å²) in [6.45, 7) is 5.74. The van der Waals surface area contributed by atoms with E-state index in [4.69, 9.17) is 11.6 Å². The Morgan fingerprint density at radius 1 is 1.19 bits per heavy atom. The van der Waals surface area contributed by atoms with Crippen molar-refractivity contribution in [1.82, 2.24) is 9.21 Å². The average Bonchev–Trinajstić information content (AvgIpc) is 2.42. The highest BCUT2D eigenvalue weighted by Crippen LogP contribution is 2.19. The molecule has 0 aromatic heterocycles. The first-order chi connectivity index (χ1) is 9.77. The molecule has 0 aliphatic carbocycles.